The molecule has 16 N–H and O–H groups in total. The molecule has 0 saturated heterocycles. The smallest absolute Gasteiger partial charge is 0.248 e. The second-order valence-corrected chi connectivity index (χ2v) is 37.2. The molecule has 0 fully saturated rings. The second-order valence-electron chi connectivity index (χ2n) is 37.2. The van der Waals surface area contributed by atoms with Crippen LogP contribution in [-0.2, 0) is 48.7 Å². The lowest BCUT2D eigenvalue weighted by molar-refractivity contribution is 0.563. The molecule has 2 heterocycles. The first-order valence-electron chi connectivity index (χ1n) is 36.6. The van der Waals surface area contributed by atoms with Crippen molar-refractivity contribution in [3.8, 4) is 45.8 Å². The van der Waals surface area contributed by atoms with Crippen molar-refractivity contribution in [3.63, 3.8) is 0 Å². The van der Waals surface area contributed by atoms with Gasteiger partial charge in [-0.25, -0.2) is 0 Å². The molecule has 2 aliphatic rings. The molecule has 12 nitrogen and oxygen atoms in total. The maximum absolute atomic E-state index is 6.71. The summed E-state index contributed by atoms with van der Waals surface area (Å²) in [5, 5.41) is 19.0. The molecular formula is C95H124N8O4. The Bertz CT molecular complexity index is 4460. The monoisotopic (exact) mass is 1440 g/mol. The van der Waals surface area contributed by atoms with Gasteiger partial charge in [0.15, 0.2) is 0 Å². The van der Waals surface area contributed by atoms with Crippen LogP contribution in [0.4, 0.5) is 0 Å². The summed E-state index contributed by atoms with van der Waals surface area (Å²) in [7, 11) is 0. The van der Waals surface area contributed by atoms with Gasteiger partial charge < -0.3 is 44.4 Å². The van der Waals surface area contributed by atoms with E-state index in [1.807, 2.05) is 0 Å². The van der Waals surface area contributed by atoms with E-state index < -0.39 is 5.41 Å². The Morgan fingerprint density at radius 1 is 0.206 bits per heavy atom. The van der Waals surface area contributed by atoms with E-state index in [-0.39, 0.29) is 78.9 Å². The van der Waals surface area contributed by atoms with Gasteiger partial charge >= 0.3 is 0 Å². The Labute approximate surface area is 640 Å². The first-order chi connectivity index (χ1) is 47.0. The van der Waals surface area contributed by atoms with Crippen LogP contribution in [0.2, 0.25) is 0 Å². The molecule has 12 rings (SSSR count). The molecule has 2 aromatic heterocycles. The van der Waals surface area contributed by atoms with Gasteiger partial charge in [0.1, 0.15) is 0 Å². The van der Waals surface area contributed by atoms with Gasteiger partial charge in [-0.2, -0.15) is 0 Å². The highest BCUT2D eigenvalue weighted by molar-refractivity contribution is 5.89. The molecular weight excluding hydrogens is 1320 g/mol. The van der Waals surface area contributed by atoms with Crippen molar-refractivity contribution < 1.29 is 19.8 Å². The van der Waals surface area contributed by atoms with Crippen LogP contribution in [0.15, 0.2) is 203 Å². The fourth-order valence-corrected chi connectivity index (χ4v) is 13.9. The van der Waals surface area contributed by atoms with Crippen LogP contribution in [-0.4, -0.2) is 31.3 Å². The van der Waals surface area contributed by atoms with Crippen molar-refractivity contribution >= 4 is 22.3 Å². The first-order valence-corrected chi connectivity index (χ1v) is 36.6. The van der Waals surface area contributed by atoms with Crippen molar-refractivity contribution in [2.24, 2.45) is 0 Å². The summed E-state index contributed by atoms with van der Waals surface area (Å²) < 4.78 is 13.4. The summed E-state index contributed by atoms with van der Waals surface area (Å²) in [6.45, 7) is 54.8. The fraction of sp³-hybridized carbons (Fsp3) is 0.368. The molecule has 8 aromatic carbocycles. The van der Waals surface area contributed by atoms with E-state index in [4.69, 9.17) is 29.2 Å². The summed E-state index contributed by atoms with van der Waals surface area (Å²) >= 11 is 0. The summed E-state index contributed by atoms with van der Waals surface area (Å²) in [5.41, 5.74) is 27.3. The predicted molar refractivity (Wildman–Crippen MR) is 453 cm³/mol. The zero-order valence-corrected chi connectivity index (χ0v) is 68.8. The third kappa shape index (κ3) is 18.2. The van der Waals surface area contributed by atoms with Crippen molar-refractivity contribution in [2.45, 2.75) is 228 Å². The zero-order chi connectivity index (χ0) is 73.0. The van der Waals surface area contributed by atoms with Gasteiger partial charge in [-0.15, -0.1) is 20.4 Å². The van der Waals surface area contributed by atoms with Crippen LogP contribution in [0.1, 0.15) is 268 Å². The number of nitrogens with zero attached hydrogens (tertiary/aromatic N) is 4. The summed E-state index contributed by atoms with van der Waals surface area (Å²) in [6, 6.07) is 64.4. The van der Waals surface area contributed by atoms with Crippen molar-refractivity contribution in [2.75, 3.05) is 0 Å². The Balaban J connectivity index is 0.00000299. The highest BCUT2D eigenvalue weighted by Crippen LogP contribution is 2.49. The third-order valence-electron chi connectivity index (χ3n) is 21.0. The molecule has 0 radical (unpaired) electrons. The Hall–Kier alpha value is -9.24. The fourth-order valence-electron chi connectivity index (χ4n) is 13.9. The highest BCUT2D eigenvalue weighted by atomic mass is 16.4. The van der Waals surface area contributed by atoms with Crippen molar-refractivity contribution in [1.29, 1.82) is 0 Å². The highest BCUT2D eigenvalue weighted by Gasteiger charge is 2.40. The largest absolute Gasteiger partial charge is 0.416 e. The lowest BCUT2D eigenvalue weighted by Crippen LogP contribution is -2.31. The molecule has 0 amide bonds. The molecule has 0 unspecified atom stereocenters. The third-order valence-corrected chi connectivity index (χ3v) is 21.0. The lowest BCUT2D eigenvalue weighted by Gasteiger charge is -2.37. The van der Waals surface area contributed by atoms with Gasteiger partial charge in [-0.05, 0) is 216 Å². The van der Waals surface area contributed by atoms with Crippen LogP contribution in [0.5, 0.6) is 0 Å². The van der Waals surface area contributed by atoms with Gasteiger partial charge in [-0.3, -0.25) is 0 Å². The maximum Gasteiger partial charge on any atom is 0.248 e. The van der Waals surface area contributed by atoms with E-state index in [1.54, 1.807) is 0 Å². The second kappa shape index (κ2) is 31.2. The SMILES string of the molecule is CC(C)(C)c1cc(C2=CC=C(c3ccc(C(c4ccc(C5=CC=C(c6cc(C(C)(C)C)cc(C(C)(C)C)c6)C5)cc4)(c4ccc(-c5nnc(-c6cc(C(C)(C)C)cc(C(C)(C)C)c6)o5)cc4)c4ccc(-c5nnc(-c6cc(C(C)(C)C)cc(C(C)(C)C)c6)o5)cc4)cc3)C2)cc(C(C)(C)C)c1.N.N.N.N.O.O. The molecule has 0 spiro atoms. The van der Waals surface area contributed by atoms with Crippen LogP contribution < -0.4 is 24.6 Å². The molecule has 107 heavy (non-hydrogen) atoms. The molecule has 0 bridgehead atoms. The van der Waals surface area contributed by atoms with Crippen LogP contribution in [0, 0.1) is 0 Å². The quantitative estimate of drug-likeness (QED) is 0.0839. The van der Waals surface area contributed by atoms with Gasteiger partial charge in [-0.1, -0.05) is 312 Å². The van der Waals surface area contributed by atoms with Crippen LogP contribution in [0.3, 0.4) is 0 Å². The molecule has 10 aromatic rings. The van der Waals surface area contributed by atoms with E-state index in [0.717, 1.165) is 57.3 Å². The van der Waals surface area contributed by atoms with Gasteiger partial charge in [0.25, 0.3) is 0 Å². The molecule has 568 valence electrons. The summed E-state index contributed by atoms with van der Waals surface area (Å²) in [4.78, 5) is 0. The summed E-state index contributed by atoms with van der Waals surface area (Å²) in [5.74, 6) is 1.92. The number of hydrogen-bond acceptors (Lipinski definition) is 10. The standard InChI is InChI=1S/C95H108N4O2.4H3N.2H2O/c1-87(2,3)75-47-67(48-76(55-75)88(4,5)6)65-27-25-63(45-65)59-29-37-71(38-30-59)95(72-39-31-60(32-40-72)64-26-28-66(46-64)68-49-77(89(7,8)9)56-78(50-68)90(10,11)12,73-41-33-61(34-42-73)83-96-98-85(100-83)69-51-79(91(13,14)15)57-80(52-69)92(16,17)18)74-43-35-62(36-44-74)84-97-99-86(101-84)70-53-81(93(19,20)21)58-82(54-70)94(22,23)24;;;;;;/h25-44,47-58H,45-46H2,1-24H3;4*1H3;2*1H2. The Morgan fingerprint density at radius 2 is 0.374 bits per heavy atom. The van der Waals surface area contributed by atoms with Crippen LogP contribution >= 0.6 is 0 Å². The predicted octanol–water partition coefficient (Wildman–Crippen LogP) is 24.6. The first kappa shape index (κ1) is 86.7. The van der Waals surface area contributed by atoms with E-state index in [1.165, 1.54) is 89.1 Å². The topological polar surface area (TPSA) is 281 Å². The minimum absolute atomic E-state index is 0. The molecule has 0 saturated carbocycles. The Morgan fingerprint density at radius 3 is 0.570 bits per heavy atom. The number of allylic oxidation sites excluding steroid dienone is 8. The number of rotatable bonds is 12. The normalized spacial score (nSPS) is 13.7. The molecule has 0 aliphatic heterocycles. The minimum atomic E-state index is -0.865. The molecule has 2 aliphatic carbocycles. The van der Waals surface area contributed by atoms with Crippen molar-refractivity contribution in [1.82, 2.24) is 45.0 Å². The number of aromatic nitrogens is 4. The number of benzene rings is 8. The lowest BCUT2D eigenvalue weighted by atomic mass is 9.64. The van der Waals surface area contributed by atoms with Gasteiger partial charge in [0, 0.05) is 22.3 Å². The van der Waals surface area contributed by atoms with E-state index in [2.05, 4.69) is 360 Å². The van der Waals surface area contributed by atoms with Gasteiger partial charge in [0.05, 0.1) is 5.41 Å². The Kier molecular flexibility index (Phi) is 25.2. The summed E-state index contributed by atoms with van der Waals surface area (Å²) in [6.07, 6.45) is 11.0. The van der Waals surface area contributed by atoms with E-state index >= 15 is 0 Å². The average molecular weight is 1440 g/mol. The molecule has 0 atom stereocenters. The minimum Gasteiger partial charge on any atom is -0.416 e. The average Bonchev–Trinajstić information content (AvgIpc) is 0.840. The van der Waals surface area contributed by atoms with Crippen LogP contribution in [0.25, 0.3) is 68.1 Å². The van der Waals surface area contributed by atoms with E-state index in [9.17, 15) is 0 Å². The van der Waals surface area contributed by atoms with Gasteiger partial charge in [0.2, 0.25) is 23.6 Å². The zero-order valence-electron chi connectivity index (χ0n) is 68.8. The number of hydrogen-bond donors (Lipinski definition) is 4. The maximum atomic E-state index is 6.71. The van der Waals surface area contributed by atoms with E-state index in [0.29, 0.717) is 23.6 Å². The van der Waals surface area contributed by atoms with Crippen molar-refractivity contribution in [3.05, 3.63) is 283 Å². The molecule has 12 heteroatoms.